The van der Waals surface area contributed by atoms with E-state index in [0.717, 1.165) is 23.3 Å². The summed E-state index contributed by atoms with van der Waals surface area (Å²) in [6.45, 7) is 0. The molecule has 0 aromatic heterocycles. The highest BCUT2D eigenvalue weighted by Crippen LogP contribution is 2.38. The number of hydrogen-bond acceptors (Lipinski definition) is 4. The van der Waals surface area contributed by atoms with Gasteiger partial charge in [-0.2, -0.15) is 0 Å². The van der Waals surface area contributed by atoms with Gasteiger partial charge in [-0.15, -0.1) is 0 Å². The molecule has 4 nitrogen and oxygen atoms in total. The summed E-state index contributed by atoms with van der Waals surface area (Å²) in [4.78, 5) is 0. The topological polar surface area (TPSA) is 58.9 Å². The number of fused-ring (bicyclic) bond motifs is 2. The van der Waals surface area contributed by atoms with Crippen molar-refractivity contribution in [2.45, 2.75) is 37.9 Å². The lowest BCUT2D eigenvalue weighted by atomic mass is 9.97. The van der Waals surface area contributed by atoms with Gasteiger partial charge in [0.2, 0.25) is 0 Å². The second-order valence-corrected chi connectivity index (χ2v) is 9.16. The third kappa shape index (κ3) is 5.25. The van der Waals surface area contributed by atoms with E-state index in [1.165, 1.54) is 36.4 Å². The molecule has 0 aliphatic carbocycles. The van der Waals surface area contributed by atoms with Crippen LogP contribution < -0.4 is 9.47 Å². The summed E-state index contributed by atoms with van der Waals surface area (Å²) in [6.07, 6.45) is 1.43. The molecule has 2 aliphatic rings. The van der Waals surface area contributed by atoms with Gasteiger partial charge in [0.25, 0.3) is 0 Å². The van der Waals surface area contributed by atoms with Crippen LogP contribution in [0.3, 0.4) is 0 Å². The van der Waals surface area contributed by atoms with Crippen LogP contribution in [-0.2, 0) is 12.8 Å². The molecule has 2 unspecified atom stereocenters. The zero-order valence-corrected chi connectivity index (χ0v) is 20.1. The predicted molar refractivity (Wildman–Crippen MR) is 132 cm³/mol. The minimum Gasteiger partial charge on any atom is -0.508 e. The van der Waals surface area contributed by atoms with Gasteiger partial charge >= 0.3 is 0 Å². The maximum Gasteiger partial charge on any atom is 0.165 e. The molecule has 38 heavy (non-hydrogen) atoms. The van der Waals surface area contributed by atoms with Crippen molar-refractivity contribution in [2.75, 3.05) is 0 Å². The lowest BCUT2D eigenvalue weighted by Crippen LogP contribution is -2.16. The van der Waals surface area contributed by atoms with Gasteiger partial charge in [0.05, 0.1) is 0 Å². The minimum atomic E-state index is -0.863. The van der Waals surface area contributed by atoms with Crippen molar-refractivity contribution in [1.82, 2.24) is 0 Å². The summed E-state index contributed by atoms with van der Waals surface area (Å²) in [5, 5.41) is 18.8. The van der Waals surface area contributed by atoms with Crippen LogP contribution in [0.25, 0.3) is 0 Å². The van der Waals surface area contributed by atoms with Crippen molar-refractivity contribution in [3.8, 4) is 23.0 Å². The van der Waals surface area contributed by atoms with Gasteiger partial charge in [-0.05, 0) is 85.3 Å². The van der Waals surface area contributed by atoms with Crippen LogP contribution in [-0.4, -0.2) is 10.2 Å². The molecule has 0 spiro atoms. The Morgan fingerprint density at radius 1 is 0.579 bits per heavy atom. The van der Waals surface area contributed by atoms with E-state index in [0.29, 0.717) is 37.2 Å². The first-order valence-electron chi connectivity index (χ1n) is 12.1. The van der Waals surface area contributed by atoms with Gasteiger partial charge in [-0.25, -0.2) is 17.6 Å². The molecule has 2 atom stereocenters. The number of aryl methyl sites for hydroxylation is 2. The van der Waals surface area contributed by atoms with E-state index in [1.807, 2.05) is 0 Å². The lowest BCUT2D eigenvalue weighted by Gasteiger charge is -2.26. The molecule has 8 heteroatoms. The Morgan fingerprint density at radius 3 is 1.42 bits per heavy atom. The normalized spacial score (nSPS) is 17.7. The first kappa shape index (κ1) is 25.4. The molecular formula is C30H24F4O4. The van der Waals surface area contributed by atoms with Crippen LogP contribution >= 0.6 is 0 Å². The number of ether oxygens (including phenoxy) is 2. The fourth-order valence-electron chi connectivity index (χ4n) is 4.73. The molecule has 0 saturated heterocycles. The standard InChI is InChI=1S/2C15H12F2O2/c2*16-12-3-1-2-11(15(12)17)14-6-4-9-8-10(18)5-7-13(9)19-14/h2*1-3,5,7-8,14,18H,4,6H2. The van der Waals surface area contributed by atoms with Crippen molar-refractivity contribution in [2.24, 2.45) is 0 Å². The summed E-state index contributed by atoms with van der Waals surface area (Å²) in [5.41, 5.74) is 2.23. The van der Waals surface area contributed by atoms with Crippen molar-refractivity contribution < 1.29 is 37.2 Å². The Morgan fingerprint density at radius 2 is 1.00 bits per heavy atom. The molecule has 2 aliphatic heterocycles. The number of aromatic hydroxyl groups is 2. The monoisotopic (exact) mass is 524 g/mol. The molecule has 4 aromatic rings. The highest BCUT2D eigenvalue weighted by molar-refractivity contribution is 5.43. The van der Waals surface area contributed by atoms with Crippen LogP contribution in [0.5, 0.6) is 23.0 Å². The van der Waals surface area contributed by atoms with Gasteiger partial charge < -0.3 is 19.7 Å². The Kier molecular flexibility index (Phi) is 7.13. The van der Waals surface area contributed by atoms with Crippen molar-refractivity contribution in [3.63, 3.8) is 0 Å². The summed E-state index contributed by atoms with van der Waals surface area (Å²) < 4.78 is 65.3. The van der Waals surface area contributed by atoms with Gasteiger partial charge in [-0.1, -0.05) is 24.3 Å². The maximum atomic E-state index is 13.7. The Balaban J connectivity index is 0.000000155. The molecule has 0 amide bonds. The van der Waals surface area contributed by atoms with E-state index in [4.69, 9.17) is 9.47 Å². The first-order chi connectivity index (χ1) is 18.3. The summed E-state index contributed by atoms with van der Waals surface area (Å²) in [7, 11) is 0. The van der Waals surface area contributed by atoms with Gasteiger partial charge in [-0.3, -0.25) is 0 Å². The average molecular weight is 525 g/mol. The second-order valence-electron chi connectivity index (χ2n) is 9.16. The molecule has 6 rings (SSSR count). The van der Waals surface area contributed by atoms with Crippen LogP contribution in [0.4, 0.5) is 17.6 Å². The molecule has 0 radical (unpaired) electrons. The zero-order chi connectivity index (χ0) is 26.8. The van der Waals surface area contributed by atoms with Crippen LogP contribution in [0, 0.1) is 23.3 Å². The van der Waals surface area contributed by atoms with Crippen molar-refractivity contribution in [1.29, 1.82) is 0 Å². The van der Waals surface area contributed by atoms with Crippen molar-refractivity contribution >= 4 is 0 Å². The van der Waals surface area contributed by atoms with Gasteiger partial charge in [0.15, 0.2) is 23.3 Å². The Bertz CT molecular complexity index is 1360. The van der Waals surface area contributed by atoms with E-state index >= 15 is 0 Å². The number of hydrogen-bond donors (Lipinski definition) is 2. The molecular weight excluding hydrogens is 500 g/mol. The number of phenols is 2. The fraction of sp³-hybridized carbons (Fsp3) is 0.200. The molecule has 2 heterocycles. The molecule has 2 N–H and O–H groups in total. The number of rotatable bonds is 2. The highest BCUT2D eigenvalue weighted by atomic mass is 19.2. The summed E-state index contributed by atoms with van der Waals surface area (Å²) in [5.74, 6) is -1.86. The maximum absolute atomic E-state index is 13.7. The van der Waals surface area contributed by atoms with E-state index in [1.54, 1.807) is 24.3 Å². The largest absolute Gasteiger partial charge is 0.508 e. The second kappa shape index (κ2) is 10.7. The van der Waals surface area contributed by atoms with Crippen molar-refractivity contribution in [3.05, 3.63) is 118 Å². The SMILES string of the molecule is Oc1ccc2c(c1)CCC(c1cccc(F)c1F)O2.Oc1ccc2c(c1)CCC(c1cccc(F)c1F)O2. The number of phenolic OH excluding ortho intramolecular Hbond substituents is 2. The molecule has 0 saturated carbocycles. The van der Waals surface area contributed by atoms with E-state index in [-0.39, 0.29) is 22.6 Å². The van der Waals surface area contributed by atoms with E-state index in [9.17, 15) is 27.8 Å². The van der Waals surface area contributed by atoms with E-state index in [2.05, 4.69) is 0 Å². The van der Waals surface area contributed by atoms with Gasteiger partial charge in [0, 0.05) is 11.1 Å². The van der Waals surface area contributed by atoms with Crippen LogP contribution in [0.2, 0.25) is 0 Å². The number of halogens is 4. The Labute approximate surface area is 216 Å². The van der Waals surface area contributed by atoms with Gasteiger partial charge in [0.1, 0.15) is 35.2 Å². The smallest absolute Gasteiger partial charge is 0.165 e. The zero-order valence-electron chi connectivity index (χ0n) is 20.1. The Hall–Kier alpha value is -4.20. The fourth-order valence-corrected chi connectivity index (χ4v) is 4.73. The molecule has 0 bridgehead atoms. The van der Waals surface area contributed by atoms with Crippen LogP contribution in [0.1, 0.15) is 47.3 Å². The third-order valence-corrected chi connectivity index (χ3v) is 6.64. The van der Waals surface area contributed by atoms with E-state index < -0.39 is 35.5 Å². The minimum absolute atomic E-state index is 0.178. The average Bonchev–Trinajstić information content (AvgIpc) is 2.91. The number of benzene rings is 4. The lowest BCUT2D eigenvalue weighted by molar-refractivity contribution is 0.170. The molecule has 4 aromatic carbocycles. The summed E-state index contributed by atoms with van der Waals surface area (Å²) >= 11 is 0. The third-order valence-electron chi connectivity index (χ3n) is 6.64. The first-order valence-corrected chi connectivity index (χ1v) is 12.1. The summed E-state index contributed by atoms with van der Waals surface area (Å²) in [6, 6.07) is 17.8. The van der Waals surface area contributed by atoms with Crippen LogP contribution in [0.15, 0.2) is 72.8 Å². The highest BCUT2D eigenvalue weighted by Gasteiger charge is 2.26. The predicted octanol–water partition coefficient (Wildman–Crippen LogP) is 7.47. The quantitative estimate of drug-likeness (QED) is 0.267. The molecule has 196 valence electrons. The molecule has 0 fully saturated rings.